The highest BCUT2D eigenvalue weighted by Gasteiger charge is 2.15. The predicted octanol–water partition coefficient (Wildman–Crippen LogP) is 0.897. The molecule has 0 spiro atoms. The Bertz CT molecular complexity index is 555. The van der Waals surface area contributed by atoms with E-state index in [1.165, 1.54) is 0 Å². The van der Waals surface area contributed by atoms with Crippen molar-refractivity contribution in [1.82, 2.24) is 10.6 Å². The lowest BCUT2D eigenvalue weighted by atomic mass is 10.2. The molecule has 0 aromatic rings. The molecule has 0 aliphatic carbocycles. The van der Waals surface area contributed by atoms with E-state index >= 15 is 0 Å². The Balaban J connectivity index is 3.09. The number of ether oxygens (including phenoxy) is 11. The van der Waals surface area contributed by atoms with E-state index in [9.17, 15) is 4.79 Å². The van der Waals surface area contributed by atoms with E-state index in [1.807, 2.05) is 27.8 Å². The number of carbonyl (C=O) groups is 1. The summed E-state index contributed by atoms with van der Waals surface area (Å²) in [6.07, 6.45) is -0.450. The molecule has 0 aliphatic heterocycles. The molecular formula is C28H58N2O12. The number of amides is 1. The summed E-state index contributed by atoms with van der Waals surface area (Å²) < 4.78 is 59.4. The minimum atomic E-state index is -0.508. The zero-order valence-electron chi connectivity index (χ0n) is 26.5. The number of likely N-dealkylation sites (N-methyl/N-ethyl adjacent to an activating group) is 1. The first-order valence-corrected chi connectivity index (χ1v) is 14.8. The van der Waals surface area contributed by atoms with E-state index < -0.39 is 11.7 Å². The molecular weight excluding hydrogens is 556 g/mol. The van der Waals surface area contributed by atoms with Crippen LogP contribution >= 0.6 is 0 Å². The van der Waals surface area contributed by atoms with Gasteiger partial charge < -0.3 is 62.7 Å². The average molecular weight is 615 g/mol. The highest BCUT2D eigenvalue weighted by Crippen LogP contribution is 2.06. The van der Waals surface area contributed by atoms with Crippen molar-refractivity contribution >= 4 is 6.09 Å². The van der Waals surface area contributed by atoms with Gasteiger partial charge in [0.2, 0.25) is 0 Å². The summed E-state index contributed by atoms with van der Waals surface area (Å²) in [5, 5.41) is 5.64. The molecule has 0 aromatic carbocycles. The van der Waals surface area contributed by atoms with Crippen molar-refractivity contribution in [3.8, 4) is 0 Å². The van der Waals surface area contributed by atoms with Crippen LogP contribution in [0.2, 0.25) is 0 Å². The molecule has 0 saturated carbocycles. The third-order valence-corrected chi connectivity index (χ3v) is 4.76. The topological polar surface area (TPSA) is 143 Å². The standard InChI is InChI=1S/C28H58N2O12/c1-28(2,3)42-27(31)30-6-8-33-10-12-35-14-16-37-18-20-39-22-24-41-26-25-40-23-21-38-19-17-36-15-13-34-11-9-32-7-5-29-4/h29H,5-26H2,1-4H3,(H,30,31). The minimum absolute atomic E-state index is 0.385. The summed E-state index contributed by atoms with van der Waals surface area (Å²) in [6.45, 7) is 16.9. The molecule has 0 rings (SSSR count). The van der Waals surface area contributed by atoms with Crippen LogP contribution in [0.15, 0.2) is 0 Å². The van der Waals surface area contributed by atoms with Gasteiger partial charge in [0.25, 0.3) is 0 Å². The van der Waals surface area contributed by atoms with E-state index in [0.29, 0.717) is 139 Å². The van der Waals surface area contributed by atoms with Crippen molar-refractivity contribution in [3.05, 3.63) is 0 Å². The van der Waals surface area contributed by atoms with Crippen LogP contribution in [0.4, 0.5) is 4.79 Å². The van der Waals surface area contributed by atoms with Crippen LogP contribution in [0.3, 0.4) is 0 Å². The first kappa shape index (κ1) is 40.8. The van der Waals surface area contributed by atoms with E-state index in [4.69, 9.17) is 52.1 Å². The van der Waals surface area contributed by atoms with Crippen molar-refractivity contribution in [2.75, 3.05) is 152 Å². The third-order valence-electron chi connectivity index (χ3n) is 4.76. The Kier molecular flexibility index (Phi) is 31.8. The fraction of sp³-hybridized carbons (Fsp3) is 0.964. The lowest BCUT2D eigenvalue weighted by molar-refractivity contribution is -0.0263. The summed E-state index contributed by atoms with van der Waals surface area (Å²) in [5.41, 5.74) is -0.508. The summed E-state index contributed by atoms with van der Waals surface area (Å²) in [4.78, 5) is 11.5. The molecule has 14 nitrogen and oxygen atoms in total. The molecule has 0 aromatic heterocycles. The van der Waals surface area contributed by atoms with Crippen molar-refractivity contribution in [2.45, 2.75) is 26.4 Å². The van der Waals surface area contributed by atoms with Gasteiger partial charge in [0.05, 0.1) is 132 Å². The SMILES string of the molecule is CNCCOCCOCCOCCOCCOCCOCCOCCOCCOCCOCCNC(=O)OC(C)(C)C. The summed E-state index contributed by atoms with van der Waals surface area (Å²) in [7, 11) is 1.89. The molecule has 0 atom stereocenters. The Morgan fingerprint density at radius 2 is 0.667 bits per heavy atom. The number of hydrogen-bond acceptors (Lipinski definition) is 13. The van der Waals surface area contributed by atoms with Gasteiger partial charge in [0.15, 0.2) is 0 Å². The predicted molar refractivity (Wildman–Crippen MR) is 156 cm³/mol. The maximum atomic E-state index is 11.5. The number of alkyl carbamates (subject to hydrolysis) is 1. The molecule has 0 aliphatic rings. The van der Waals surface area contributed by atoms with Crippen LogP contribution in [-0.4, -0.2) is 164 Å². The number of rotatable bonds is 33. The fourth-order valence-corrected chi connectivity index (χ4v) is 2.79. The Labute approximate surface area is 252 Å². The normalized spacial score (nSPS) is 11.7. The van der Waals surface area contributed by atoms with Gasteiger partial charge >= 0.3 is 6.09 Å². The maximum Gasteiger partial charge on any atom is 0.407 e. The molecule has 0 radical (unpaired) electrons. The molecule has 2 N–H and O–H groups in total. The number of carbonyl (C=O) groups excluding carboxylic acids is 1. The van der Waals surface area contributed by atoms with Gasteiger partial charge in [-0.2, -0.15) is 0 Å². The fourth-order valence-electron chi connectivity index (χ4n) is 2.79. The van der Waals surface area contributed by atoms with E-state index in [-0.39, 0.29) is 0 Å². The molecule has 0 unspecified atom stereocenters. The average Bonchev–Trinajstić information content (AvgIpc) is 2.94. The number of hydrogen-bond donors (Lipinski definition) is 2. The van der Waals surface area contributed by atoms with Crippen molar-refractivity contribution in [1.29, 1.82) is 0 Å². The van der Waals surface area contributed by atoms with E-state index in [2.05, 4.69) is 10.6 Å². The minimum Gasteiger partial charge on any atom is -0.444 e. The second kappa shape index (κ2) is 32.7. The Morgan fingerprint density at radius 1 is 0.429 bits per heavy atom. The van der Waals surface area contributed by atoms with Gasteiger partial charge in [-0.25, -0.2) is 4.79 Å². The molecule has 0 bridgehead atoms. The summed E-state index contributed by atoms with van der Waals surface area (Å²) in [5.74, 6) is 0. The van der Waals surface area contributed by atoms with Crippen LogP contribution < -0.4 is 10.6 Å². The zero-order valence-corrected chi connectivity index (χ0v) is 26.5. The molecule has 14 heteroatoms. The number of nitrogens with one attached hydrogen (secondary N) is 2. The second-order valence-corrected chi connectivity index (χ2v) is 9.66. The van der Waals surface area contributed by atoms with Gasteiger partial charge in [-0.3, -0.25) is 0 Å². The van der Waals surface area contributed by atoms with Crippen LogP contribution in [0, 0.1) is 0 Å². The van der Waals surface area contributed by atoms with Crippen LogP contribution in [-0.2, 0) is 52.1 Å². The second-order valence-electron chi connectivity index (χ2n) is 9.66. The van der Waals surface area contributed by atoms with E-state index in [0.717, 1.165) is 6.54 Å². The highest BCUT2D eigenvalue weighted by molar-refractivity contribution is 5.67. The van der Waals surface area contributed by atoms with Gasteiger partial charge in [-0.15, -0.1) is 0 Å². The quantitative estimate of drug-likeness (QED) is 0.101. The zero-order chi connectivity index (χ0) is 30.8. The summed E-state index contributed by atoms with van der Waals surface area (Å²) >= 11 is 0. The van der Waals surface area contributed by atoms with E-state index in [1.54, 1.807) is 0 Å². The van der Waals surface area contributed by atoms with Gasteiger partial charge in [-0.1, -0.05) is 0 Å². The molecule has 0 saturated heterocycles. The van der Waals surface area contributed by atoms with Gasteiger partial charge in [0.1, 0.15) is 5.60 Å². The van der Waals surface area contributed by atoms with Crippen molar-refractivity contribution < 1.29 is 56.9 Å². The molecule has 0 fully saturated rings. The first-order chi connectivity index (χ1) is 20.5. The smallest absolute Gasteiger partial charge is 0.407 e. The first-order valence-electron chi connectivity index (χ1n) is 14.8. The Morgan fingerprint density at radius 3 is 0.905 bits per heavy atom. The monoisotopic (exact) mass is 614 g/mol. The highest BCUT2D eigenvalue weighted by atomic mass is 16.6. The summed E-state index contributed by atoms with van der Waals surface area (Å²) in [6, 6.07) is 0. The lowest BCUT2D eigenvalue weighted by Gasteiger charge is -2.19. The molecule has 0 heterocycles. The van der Waals surface area contributed by atoms with Crippen LogP contribution in [0.1, 0.15) is 20.8 Å². The van der Waals surface area contributed by atoms with Crippen LogP contribution in [0.25, 0.3) is 0 Å². The molecule has 42 heavy (non-hydrogen) atoms. The lowest BCUT2D eigenvalue weighted by Crippen LogP contribution is -2.34. The van der Waals surface area contributed by atoms with Crippen molar-refractivity contribution in [2.24, 2.45) is 0 Å². The van der Waals surface area contributed by atoms with Crippen molar-refractivity contribution in [3.63, 3.8) is 0 Å². The maximum absolute atomic E-state index is 11.5. The molecule has 1 amide bonds. The third kappa shape index (κ3) is 36.9. The Hall–Kier alpha value is -1.17. The largest absolute Gasteiger partial charge is 0.444 e. The van der Waals surface area contributed by atoms with Crippen LogP contribution in [0.5, 0.6) is 0 Å². The molecule has 252 valence electrons. The van der Waals surface area contributed by atoms with Gasteiger partial charge in [0, 0.05) is 13.1 Å². The van der Waals surface area contributed by atoms with Gasteiger partial charge in [-0.05, 0) is 27.8 Å².